The van der Waals surface area contributed by atoms with Crippen molar-refractivity contribution in [3.05, 3.63) is 59.2 Å². The zero-order chi connectivity index (χ0) is 15.4. The lowest BCUT2D eigenvalue weighted by Gasteiger charge is -2.19. The van der Waals surface area contributed by atoms with Crippen molar-refractivity contribution in [3.63, 3.8) is 0 Å². The smallest absolute Gasteiger partial charge is 0.248 e. The van der Waals surface area contributed by atoms with Crippen LogP contribution >= 0.6 is 0 Å². The lowest BCUT2D eigenvalue weighted by molar-refractivity contribution is 0.100. The molecule has 0 saturated carbocycles. The minimum absolute atomic E-state index is 0.0444. The van der Waals surface area contributed by atoms with Crippen LogP contribution in [0.3, 0.4) is 0 Å². The zero-order valence-electron chi connectivity index (χ0n) is 12.5. The molecule has 2 rings (SSSR count). The van der Waals surface area contributed by atoms with Crippen molar-refractivity contribution in [2.45, 2.75) is 19.9 Å². The summed E-state index contributed by atoms with van der Waals surface area (Å²) in [7, 11) is 1.66. The predicted molar refractivity (Wildman–Crippen MR) is 84.7 cm³/mol. The predicted octanol–water partition coefficient (Wildman–Crippen LogP) is 3.28. The Morgan fingerprint density at radius 2 is 2.00 bits per heavy atom. The number of carbonyl (C=O) groups is 1. The number of hydrogen-bond acceptors (Lipinski definition) is 3. The first-order valence-electron chi connectivity index (χ1n) is 6.82. The molecule has 0 saturated heterocycles. The topological polar surface area (TPSA) is 64.3 Å². The van der Waals surface area contributed by atoms with Crippen LogP contribution in [0, 0.1) is 6.92 Å². The SMILES string of the molecule is COc1ccc(C)cc1C(C)Nc1cccc(C(N)=O)c1. The van der Waals surface area contributed by atoms with Crippen molar-refractivity contribution >= 4 is 11.6 Å². The Morgan fingerprint density at radius 1 is 1.24 bits per heavy atom. The molecule has 110 valence electrons. The van der Waals surface area contributed by atoms with Gasteiger partial charge in [-0.05, 0) is 38.1 Å². The van der Waals surface area contributed by atoms with Crippen molar-refractivity contribution in [2.24, 2.45) is 5.73 Å². The van der Waals surface area contributed by atoms with E-state index >= 15 is 0 Å². The van der Waals surface area contributed by atoms with Gasteiger partial charge in [0, 0.05) is 16.8 Å². The second-order valence-corrected chi connectivity index (χ2v) is 5.06. The van der Waals surface area contributed by atoms with E-state index in [0.717, 1.165) is 17.0 Å². The fraction of sp³-hybridized carbons (Fsp3) is 0.235. The molecule has 2 aromatic rings. The van der Waals surface area contributed by atoms with E-state index in [9.17, 15) is 4.79 Å². The van der Waals surface area contributed by atoms with E-state index in [-0.39, 0.29) is 6.04 Å². The fourth-order valence-electron chi connectivity index (χ4n) is 2.28. The lowest BCUT2D eigenvalue weighted by atomic mass is 10.0. The van der Waals surface area contributed by atoms with Crippen LogP contribution in [-0.2, 0) is 0 Å². The first-order chi connectivity index (χ1) is 10.0. The summed E-state index contributed by atoms with van der Waals surface area (Å²) in [4.78, 5) is 11.2. The average Bonchev–Trinajstić information content (AvgIpc) is 2.47. The summed E-state index contributed by atoms with van der Waals surface area (Å²) in [5, 5.41) is 3.37. The summed E-state index contributed by atoms with van der Waals surface area (Å²) in [5.41, 5.74) is 8.88. The Balaban J connectivity index is 2.25. The highest BCUT2D eigenvalue weighted by atomic mass is 16.5. The number of primary amides is 1. The summed E-state index contributed by atoms with van der Waals surface area (Å²) in [6.45, 7) is 4.09. The quantitative estimate of drug-likeness (QED) is 0.885. The number of nitrogens with one attached hydrogen (secondary N) is 1. The van der Waals surface area contributed by atoms with Gasteiger partial charge in [-0.15, -0.1) is 0 Å². The number of methoxy groups -OCH3 is 1. The van der Waals surface area contributed by atoms with E-state index in [1.807, 2.05) is 38.1 Å². The van der Waals surface area contributed by atoms with E-state index in [2.05, 4.69) is 11.4 Å². The summed E-state index contributed by atoms with van der Waals surface area (Å²) in [6, 6.07) is 13.3. The van der Waals surface area contributed by atoms with Crippen molar-refractivity contribution < 1.29 is 9.53 Å². The number of hydrogen-bond donors (Lipinski definition) is 2. The van der Waals surface area contributed by atoms with Crippen LogP contribution in [0.25, 0.3) is 0 Å². The summed E-state index contributed by atoms with van der Waals surface area (Å²) in [5.74, 6) is 0.408. The minimum Gasteiger partial charge on any atom is -0.496 e. The second kappa shape index (κ2) is 6.31. The third kappa shape index (κ3) is 3.54. The van der Waals surface area contributed by atoms with Crippen LogP contribution in [0.4, 0.5) is 5.69 Å². The molecule has 0 bridgehead atoms. The largest absolute Gasteiger partial charge is 0.496 e. The number of anilines is 1. The van der Waals surface area contributed by atoms with Gasteiger partial charge in [0.25, 0.3) is 0 Å². The Bertz CT molecular complexity index is 653. The Kier molecular flexibility index (Phi) is 4.48. The van der Waals surface area contributed by atoms with Crippen molar-refractivity contribution in [3.8, 4) is 5.75 Å². The van der Waals surface area contributed by atoms with Gasteiger partial charge >= 0.3 is 0 Å². The van der Waals surface area contributed by atoms with Crippen LogP contribution < -0.4 is 15.8 Å². The van der Waals surface area contributed by atoms with E-state index < -0.39 is 5.91 Å². The number of amides is 1. The molecule has 1 atom stereocenters. The van der Waals surface area contributed by atoms with Crippen molar-refractivity contribution in [1.29, 1.82) is 0 Å². The van der Waals surface area contributed by atoms with Gasteiger partial charge in [0.15, 0.2) is 0 Å². The maximum absolute atomic E-state index is 11.2. The van der Waals surface area contributed by atoms with Gasteiger partial charge in [-0.2, -0.15) is 0 Å². The first-order valence-corrected chi connectivity index (χ1v) is 6.82. The molecule has 0 radical (unpaired) electrons. The van der Waals surface area contributed by atoms with E-state index in [1.54, 1.807) is 19.2 Å². The number of aryl methyl sites for hydroxylation is 1. The molecule has 1 amide bonds. The highest BCUT2D eigenvalue weighted by Crippen LogP contribution is 2.28. The molecule has 2 aromatic carbocycles. The summed E-state index contributed by atoms with van der Waals surface area (Å²) >= 11 is 0. The number of ether oxygens (including phenoxy) is 1. The summed E-state index contributed by atoms with van der Waals surface area (Å²) in [6.07, 6.45) is 0. The Labute approximate surface area is 124 Å². The molecule has 4 heteroatoms. The molecule has 1 unspecified atom stereocenters. The number of nitrogens with two attached hydrogens (primary N) is 1. The molecule has 0 aliphatic carbocycles. The monoisotopic (exact) mass is 284 g/mol. The minimum atomic E-state index is -0.431. The van der Waals surface area contributed by atoms with Crippen LogP contribution in [0.2, 0.25) is 0 Å². The summed E-state index contributed by atoms with van der Waals surface area (Å²) < 4.78 is 5.41. The average molecular weight is 284 g/mol. The molecule has 0 fully saturated rings. The van der Waals surface area contributed by atoms with Gasteiger partial charge in [-0.1, -0.05) is 23.8 Å². The first kappa shape index (κ1) is 14.9. The van der Waals surface area contributed by atoms with E-state index in [4.69, 9.17) is 10.5 Å². The molecule has 0 aliphatic rings. The molecule has 0 heterocycles. The Hall–Kier alpha value is -2.49. The van der Waals surface area contributed by atoms with Crippen LogP contribution in [-0.4, -0.2) is 13.0 Å². The van der Waals surface area contributed by atoms with Crippen LogP contribution in [0.5, 0.6) is 5.75 Å². The molecule has 4 nitrogen and oxygen atoms in total. The van der Waals surface area contributed by atoms with Gasteiger partial charge in [0.1, 0.15) is 5.75 Å². The van der Waals surface area contributed by atoms with E-state index in [1.165, 1.54) is 5.56 Å². The second-order valence-electron chi connectivity index (χ2n) is 5.06. The normalized spacial score (nSPS) is 11.8. The molecule has 0 aliphatic heterocycles. The number of rotatable bonds is 5. The van der Waals surface area contributed by atoms with E-state index in [0.29, 0.717) is 5.56 Å². The Morgan fingerprint density at radius 3 is 2.67 bits per heavy atom. The fourth-order valence-corrected chi connectivity index (χ4v) is 2.28. The maximum atomic E-state index is 11.2. The highest BCUT2D eigenvalue weighted by Gasteiger charge is 2.12. The standard InChI is InChI=1S/C17H20N2O2/c1-11-7-8-16(21-3)15(9-11)12(2)19-14-6-4-5-13(10-14)17(18)20/h4-10,12,19H,1-3H3,(H2,18,20). The van der Waals surface area contributed by atoms with Gasteiger partial charge < -0.3 is 15.8 Å². The third-order valence-corrected chi connectivity index (χ3v) is 3.38. The number of benzene rings is 2. The van der Waals surface area contributed by atoms with Crippen molar-refractivity contribution in [2.75, 3.05) is 12.4 Å². The molecule has 0 spiro atoms. The highest BCUT2D eigenvalue weighted by molar-refractivity contribution is 5.93. The molecule has 21 heavy (non-hydrogen) atoms. The van der Waals surface area contributed by atoms with Crippen LogP contribution in [0.1, 0.15) is 34.5 Å². The molecular formula is C17H20N2O2. The third-order valence-electron chi connectivity index (χ3n) is 3.38. The molecular weight excluding hydrogens is 264 g/mol. The maximum Gasteiger partial charge on any atom is 0.248 e. The van der Waals surface area contributed by atoms with Gasteiger partial charge in [0.2, 0.25) is 5.91 Å². The van der Waals surface area contributed by atoms with Gasteiger partial charge in [-0.3, -0.25) is 4.79 Å². The molecule has 0 aromatic heterocycles. The zero-order valence-corrected chi connectivity index (χ0v) is 12.5. The molecule has 3 N–H and O–H groups in total. The van der Waals surface area contributed by atoms with Gasteiger partial charge in [0.05, 0.1) is 13.2 Å². The number of carbonyl (C=O) groups excluding carboxylic acids is 1. The van der Waals surface area contributed by atoms with Crippen LogP contribution in [0.15, 0.2) is 42.5 Å². The van der Waals surface area contributed by atoms with Crippen molar-refractivity contribution in [1.82, 2.24) is 0 Å². The van der Waals surface area contributed by atoms with Gasteiger partial charge in [-0.25, -0.2) is 0 Å². The lowest BCUT2D eigenvalue weighted by Crippen LogP contribution is -2.12.